The number of fused-ring (bicyclic) bond motifs is 2. The van der Waals surface area contributed by atoms with Crippen LogP contribution < -0.4 is 0 Å². The second kappa shape index (κ2) is 16.4. The number of Topliss-reactive ketones (excluding diaryl/α,β-unsaturated/α-hetero) is 3. The second-order valence-electron chi connectivity index (χ2n) is 17.3. The first kappa shape index (κ1) is 44.0. The number of methoxy groups -OCH3 is 1. The molecule has 4 N–H and O–H groups in total. The van der Waals surface area contributed by atoms with Crippen molar-refractivity contribution in [1.82, 2.24) is 4.90 Å². The van der Waals surface area contributed by atoms with Gasteiger partial charge in [-0.15, -0.1) is 0 Å². The van der Waals surface area contributed by atoms with Crippen LogP contribution in [0.15, 0.2) is 4.99 Å². The Balaban J connectivity index is 1.93. The van der Waals surface area contributed by atoms with Crippen LogP contribution in [0, 0.1) is 29.1 Å². The molecular formula is C39H66N2O12. The molecule has 14 nitrogen and oxygen atoms in total. The van der Waals surface area contributed by atoms with E-state index in [-0.39, 0.29) is 42.9 Å². The average molecular weight is 755 g/mol. The molecule has 2 saturated heterocycles. The SMILES string of the molecule is CC[C@H]1C(=O)C(=O)[C@H](C)[C@@H](O[C@H]2C[C@@](C)(OC)[C@@H](O)[C@H](C)O2)[C@H](C)[C@@H](O[C@@H]2O[C@H](C)C[C@H](N(C)C)[C@H]2O)[C@@]2(C)C[C@@H](C)C(=N[C@H](C)[C@@H](O)[C@@]1(C)O)C2=O. The lowest BCUT2D eigenvalue weighted by atomic mass is 9.70. The summed E-state index contributed by atoms with van der Waals surface area (Å²) in [6.07, 6.45) is -8.13. The number of carbonyl (C=O) groups is 3. The zero-order valence-corrected chi connectivity index (χ0v) is 33.9. The molecule has 304 valence electrons. The van der Waals surface area contributed by atoms with Gasteiger partial charge in [-0.2, -0.15) is 0 Å². The molecule has 14 heteroatoms. The number of hydrogen-bond donors (Lipinski definition) is 4. The highest BCUT2D eigenvalue weighted by Gasteiger charge is 2.58. The lowest BCUT2D eigenvalue weighted by molar-refractivity contribution is -0.311. The Hall–Kier alpha value is -1.72. The maximum atomic E-state index is 14.8. The number of ether oxygens (including phenoxy) is 5. The van der Waals surface area contributed by atoms with Crippen LogP contribution in [0.2, 0.25) is 0 Å². The lowest BCUT2D eigenvalue weighted by Gasteiger charge is -2.48. The normalized spacial score (nSPS) is 49.2. The molecule has 4 aliphatic rings. The standard InChI is InChI=1S/C39H66N2O12/c1-14-24-29(43)28(42)20(4)31(52-26-17-38(9,49-13)33(46)23(7)51-26)21(5)35(53-36-30(44)25(41(11)12)15-19(3)50-36)37(8)16-18(2)27(34(37)47)40-22(6)32(45)39(24,10)48/h18-26,30-33,35-36,44-46,48H,14-17H2,1-13H3/t18-,19-,20+,21+,22-,23+,24+,25+,26+,30-,31-,32-,33+,35-,36+,37+,38-,39+/m1/s1. The van der Waals surface area contributed by atoms with Crippen LogP contribution in [-0.2, 0) is 38.1 Å². The Bertz CT molecular complexity index is 1370. The number of aliphatic hydroxyl groups is 4. The number of hydrogen-bond acceptors (Lipinski definition) is 14. The third kappa shape index (κ3) is 8.24. The van der Waals surface area contributed by atoms with Gasteiger partial charge < -0.3 is 49.0 Å². The maximum absolute atomic E-state index is 14.8. The Morgan fingerprint density at radius 3 is 2.09 bits per heavy atom. The number of likely N-dealkylation sites (N-methyl/N-ethyl adjacent to an activating group) is 1. The van der Waals surface area contributed by atoms with Gasteiger partial charge in [0, 0.05) is 37.3 Å². The van der Waals surface area contributed by atoms with Crippen LogP contribution in [-0.4, -0.2) is 148 Å². The quantitative estimate of drug-likeness (QED) is 0.277. The molecule has 1 saturated carbocycles. The van der Waals surface area contributed by atoms with Gasteiger partial charge in [-0.25, -0.2) is 0 Å². The van der Waals surface area contributed by atoms with Crippen molar-refractivity contribution < 1.29 is 58.5 Å². The predicted molar refractivity (Wildman–Crippen MR) is 195 cm³/mol. The number of nitrogens with zero attached hydrogens (tertiary/aromatic N) is 2. The first-order valence-corrected chi connectivity index (χ1v) is 19.3. The molecule has 3 aliphatic heterocycles. The van der Waals surface area contributed by atoms with Crippen molar-refractivity contribution in [2.45, 2.75) is 174 Å². The van der Waals surface area contributed by atoms with E-state index in [9.17, 15) is 34.8 Å². The fraction of sp³-hybridized carbons (Fsp3) is 0.897. The number of aliphatic imine (C=N–C) groups is 1. The number of rotatable bonds is 7. The molecule has 0 radical (unpaired) electrons. The van der Waals surface area contributed by atoms with Crippen LogP contribution in [0.3, 0.4) is 0 Å². The first-order chi connectivity index (χ1) is 24.5. The summed E-state index contributed by atoms with van der Waals surface area (Å²) >= 11 is 0. The molecule has 3 heterocycles. The van der Waals surface area contributed by atoms with Crippen molar-refractivity contribution in [1.29, 1.82) is 0 Å². The Morgan fingerprint density at radius 1 is 0.906 bits per heavy atom. The Kier molecular flexibility index (Phi) is 13.6. The smallest absolute Gasteiger partial charge is 0.204 e. The predicted octanol–water partition coefficient (Wildman–Crippen LogP) is 2.09. The topological polar surface area (TPSA) is 194 Å². The number of carbonyl (C=O) groups excluding carboxylic acids is 3. The maximum Gasteiger partial charge on any atom is 0.204 e. The summed E-state index contributed by atoms with van der Waals surface area (Å²) in [4.78, 5) is 49.9. The van der Waals surface area contributed by atoms with Crippen molar-refractivity contribution in [3.05, 3.63) is 0 Å². The van der Waals surface area contributed by atoms with Gasteiger partial charge in [-0.3, -0.25) is 19.4 Å². The largest absolute Gasteiger partial charge is 0.388 e. The van der Waals surface area contributed by atoms with Crippen molar-refractivity contribution >= 4 is 23.1 Å². The summed E-state index contributed by atoms with van der Waals surface area (Å²) in [6, 6.07) is -1.32. The minimum Gasteiger partial charge on any atom is -0.388 e. The molecule has 53 heavy (non-hydrogen) atoms. The number of ketones is 3. The molecule has 0 aromatic heterocycles. The Morgan fingerprint density at radius 2 is 1.53 bits per heavy atom. The van der Waals surface area contributed by atoms with Crippen LogP contribution in [0.5, 0.6) is 0 Å². The van der Waals surface area contributed by atoms with E-state index in [2.05, 4.69) is 4.99 Å². The van der Waals surface area contributed by atoms with E-state index in [0.29, 0.717) is 6.42 Å². The molecule has 0 amide bonds. The van der Waals surface area contributed by atoms with E-state index in [4.69, 9.17) is 23.7 Å². The fourth-order valence-corrected chi connectivity index (χ4v) is 9.46. The highest BCUT2D eigenvalue weighted by molar-refractivity contribution is 6.44. The third-order valence-electron chi connectivity index (χ3n) is 12.9. The van der Waals surface area contributed by atoms with E-state index in [1.165, 1.54) is 14.0 Å². The first-order valence-electron chi connectivity index (χ1n) is 19.3. The van der Waals surface area contributed by atoms with E-state index in [1.54, 1.807) is 48.5 Å². The van der Waals surface area contributed by atoms with Crippen molar-refractivity contribution in [3.8, 4) is 0 Å². The van der Waals surface area contributed by atoms with Crippen LogP contribution >= 0.6 is 0 Å². The monoisotopic (exact) mass is 754 g/mol. The summed E-state index contributed by atoms with van der Waals surface area (Å²) < 4.78 is 31.6. The van der Waals surface area contributed by atoms with Gasteiger partial charge in [0.25, 0.3) is 0 Å². The minimum absolute atomic E-state index is 0.0420. The van der Waals surface area contributed by atoms with Crippen LogP contribution in [0.25, 0.3) is 0 Å². The second-order valence-corrected chi connectivity index (χ2v) is 17.3. The highest BCUT2D eigenvalue weighted by Crippen LogP contribution is 2.48. The molecule has 18 atom stereocenters. The molecular weight excluding hydrogens is 688 g/mol. The Labute approximate surface area is 314 Å². The average Bonchev–Trinajstić information content (AvgIpc) is 3.30. The van der Waals surface area contributed by atoms with Gasteiger partial charge in [-0.1, -0.05) is 27.7 Å². The minimum atomic E-state index is -2.07. The van der Waals surface area contributed by atoms with Gasteiger partial charge >= 0.3 is 0 Å². The summed E-state index contributed by atoms with van der Waals surface area (Å²) in [5.74, 6) is -5.72. The van der Waals surface area contributed by atoms with Crippen LogP contribution in [0.4, 0.5) is 0 Å². The highest BCUT2D eigenvalue weighted by atomic mass is 16.7. The van der Waals surface area contributed by atoms with E-state index in [0.717, 1.165) is 0 Å². The lowest BCUT2D eigenvalue weighted by Crippen LogP contribution is -2.60. The molecule has 2 bridgehead atoms. The van der Waals surface area contributed by atoms with Crippen molar-refractivity contribution in [2.75, 3.05) is 21.2 Å². The van der Waals surface area contributed by atoms with E-state index < -0.39 is 107 Å². The van der Waals surface area contributed by atoms with Gasteiger partial charge in [0.1, 0.15) is 18.3 Å². The molecule has 0 aromatic rings. The molecule has 0 unspecified atom stereocenters. The molecule has 3 fully saturated rings. The van der Waals surface area contributed by atoms with Gasteiger partial charge in [-0.05, 0) is 74.9 Å². The molecule has 1 aliphatic carbocycles. The zero-order valence-electron chi connectivity index (χ0n) is 33.9. The molecule has 0 spiro atoms. The third-order valence-corrected chi connectivity index (χ3v) is 12.9. The summed E-state index contributed by atoms with van der Waals surface area (Å²) in [5, 5.41) is 45.8. The summed E-state index contributed by atoms with van der Waals surface area (Å²) in [5.41, 5.74) is -4.22. The number of aliphatic hydroxyl groups excluding tert-OH is 3. The summed E-state index contributed by atoms with van der Waals surface area (Å²) in [6.45, 7) is 16.8. The van der Waals surface area contributed by atoms with E-state index >= 15 is 0 Å². The molecule has 0 aromatic carbocycles. The fourth-order valence-electron chi connectivity index (χ4n) is 9.46. The summed E-state index contributed by atoms with van der Waals surface area (Å²) in [7, 11) is 5.20. The van der Waals surface area contributed by atoms with Crippen molar-refractivity contribution in [3.63, 3.8) is 0 Å². The van der Waals surface area contributed by atoms with Gasteiger partial charge in [0.2, 0.25) is 11.6 Å². The van der Waals surface area contributed by atoms with Crippen molar-refractivity contribution in [2.24, 2.45) is 34.1 Å². The van der Waals surface area contributed by atoms with Gasteiger partial charge in [0.15, 0.2) is 18.4 Å². The van der Waals surface area contributed by atoms with Crippen LogP contribution in [0.1, 0.15) is 94.9 Å². The van der Waals surface area contributed by atoms with E-state index in [1.807, 2.05) is 32.8 Å². The zero-order chi connectivity index (χ0) is 40.1. The van der Waals surface area contributed by atoms with Gasteiger partial charge in [0.05, 0.1) is 58.7 Å². The molecule has 4 rings (SSSR count).